The predicted octanol–water partition coefficient (Wildman–Crippen LogP) is 13.7. The molecule has 9 aromatic rings. The van der Waals surface area contributed by atoms with Crippen LogP contribution in [0.4, 0.5) is 0 Å². The summed E-state index contributed by atoms with van der Waals surface area (Å²) in [7, 11) is 0. The Labute approximate surface area is 349 Å². The summed E-state index contributed by atoms with van der Waals surface area (Å²) < 4.78 is 9.64. The zero-order valence-corrected chi connectivity index (χ0v) is 33.3. The Morgan fingerprint density at radius 2 is 1.22 bits per heavy atom. The molecule has 4 heteroatoms. The topological polar surface area (TPSA) is 38.9 Å². The molecule has 4 heterocycles. The molecule has 286 valence electrons. The number of aromatic nitrogens is 1. The molecule has 0 bridgehead atoms. The summed E-state index contributed by atoms with van der Waals surface area (Å²) in [6.07, 6.45) is 1.81. The van der Waals surface area contributed by atoms with Crippen LogP contribution in [-0.4, -0.2) is 16.1 Å². The van der Waals surface area contributed by atoms with Gasteiger partial charge in [-0.1, -0.05) is 177 Å². The van der Waals surface area contributed by atoms with Gasteiger partial charge in [0.2, 0.25) is 0 Å². The van der Waals surface area contributed by atoms with Crippen LogP contribution in [-0.2, 0) is 5.41 Å². The van der Waals surface area contributed by atoms with Crippen molar-refractivity contribution in [2.45, 2.75) is 31.2 Å². The van der Waals surface area contributed by atoms with Gasteiger partial charge in [-0.25, -0.2) is 4.99 Å². The van der Waals surface area contributed by atoms with E-state index >= 15 is 0 Å². The first-order chi connectivity index (χ1) is 29.7. The molecule has 1 spiro atoms. The van der Waals surface area contributed by atoms with Crippen LogP contribution in [0.3, 0.4) is 0 Å². The van der Waals surface area contributed by atoms with Crippen LogP contribution in [0.5, 0.6) is 11.5 Å². The summed E-state index contributed by atoms with van der Waals surface area (Å²) in [6.45, 7) is 2.33. The van der Waals surface area contributed by atoms with Crippen molar-refractivity contribution >= 4 is 33.4 Å². The van der Waals surface area contributed by atoms with Gasteiger partial charge < -0.3 is 9.30 Å². The predicted molar refractivity (Wildman–Crippen MR) is 245 cm³/mol. The molecule has 12 rings (SSSR count). The van der Waals surface area contributed by atoms with E-state index in [-0.39, 0.29) is 6.04 Å². The number of amidine groups is 1. The molecule has 0 N–H and O–H groups in total. The van der Waals surface area contributed by atoms with Crippen molar-refractivity contribution in [3.63, 3.8) is 0 Å². The summed E-state index contributed by atoms with van der Waals surface area (Å²) in [6, 6.07) is 70.0. The van der Waals surface area contributed by atoms with Crippen molar-refractivity contribution < 1.29 is 4.74 Å². The van der Waals surface area contributed by atoms with Crippen molar-refractivity contribution in [3.8, 4) is 28.3 Å². The summed E-state index contributed by atoms with van der Waals surface area (Å²) in [5.74, 6) is 2.86. The lowest BCUT2D eigenvalue weighted by molar-refractivity contribution is 0.435. The smallest absolute Gasteiger partial charge is 0.155 e. The molecule has 1 aromatic heterocycles. The highest BCUT2D eigenvalue weighted by Crippen LogP contribution is 2.61. The second-order valence-corrected chi connectivity index (χ2v) is 16.4. The van der Waals surface area contributed by atoms with Crippen LogP contribution in [0, 0.1) is 5.92 Å². The molecule has 0 saturated carbocycles. The third-order valence-corrected chi connectivity index (χ3v) is 13.1. The third kappa shape index (κ3) is 5.10. The minimum absolute atomic E-state index is 0.0261. The normalized spacial score (nSPS) is 20.8. The maximum absolute atomic E-state index is 7.16. The first kappa shape index (κ1) is 34.7. The van der Waals surface area contributed by atoms with Gasteiger partial charge in [-0.3, -0.25) is 4.99 Å². The maximum atomic E-state index is 7.16. The van der Waals surface area contributed by atoms with E-state index in [0.717, 1.165) is 69.3 Å². The number of ether oxygens (including phenoxy) is 1. The largest absolute Gasteiger partial charge is 0.456 e. The summed E-state index contributed by atoms with van der Waals surface area (Å²) in [5.41, 5.74) is 14.4. The number of nitrogens with zero attached hydrogens (tertiary/aromatic N) is 3. The van der Waals surface area contributed by atoms with Gasteiger partial charge in [0.25, 0.3) is 0 Å². The SMILES string of the molecule is CC1CC/C(c2cccc(-c3cccc4c3Oc3ccccc3C43c4ccccc4-n4c5ccccc5c5cccc3c54)c2)=N\C(c2ccccc2)=N/C1c1ccccc1. The zero-order chi connectivity index (χ0) is 39.8. The Bertz CT molecular complexity index is 3210. The summed E-state index contributed by atoms with van der Waals surface area (Å²) in [4.78, 5) is 10.8. The second-order valence-electron chi connectivity index (χ2n) is 16.4. The van der Waals surface area contributed by atoms with Crippen molar-refractivity contribution in [2.75, 3.05) is 0 Å². The second kappa shape index (κ2) is 13.6. The molecule has 0 radical (unpaired) electrons. The minimum Gasteiger partial charge on any atom is -0.456 e. The fourth-order valence-electron chi connectivity index (χ4n) is 10.4. The Balaban J connectivity index is 1.06. The molecule has 3 aliphatic rings. The molecule has 0 fully saturated rings. The molecule has 0 aliphatic carbocycles. The quantitative estimate of drug-likeness (QED) is 0.176. The van der Waals surface area contributed by atoms with Crippen LogP contribution in [0.25, 0.3) is 38.6 Å². The van der Waals surface area contributed by atoms with Gasteiger partial charge in [0.1, 0.15) is 11.5 Å². The van der Waals surface area contributed by atoms with Gasteiger partial charge in [0.15, 0.2) is 5.84 Å². The van der Waals surface area contributed by atoms with E-state index in [1.54, 1.807) is 0 Å². The number of hydrogen-bond acceptors (Lipinski definition) is 3. The number of rotatable bonds is 4. The van der Waals surface area contributed by atoms with Gasteiger partial charge >= 0.3 is 0 Å². The van der Waals surface area contributed by atoms with Gasteiger partial charge in [-0.15, -0.1) is 0 Å². The molecule has 60 heavy (non-hydrogen) atoms. The molecule has 4 nitrogen and oxygen atoms in total. The number of benzene rings is 8. The Hall–Kier alpha value is -7.30. The number of hydrogen-bond donors (Lipinski definition) is 0. The average Bonchev–Trinajstić information content (AvgIpc) is 3.65. The number of fused-ring (bicyclic) bond motifs is 11. The monoisotopic (exact) mass is 771 g/mol. The highest BCUT2D eigenvalue weighted by atomic mass is 16.5. The minimum atomic E-state index is -0.631. The molecular formula is C56H41N3O. The highest BCUT2D eigenvalue weighted by Gasteiger charge is 2.50. The molecule has 0 saturated heterocycles. The molecule has 0 amide bonds. The fourth-order valence-corrected chi connectivity index (χ4v) is 10.4. The molecule has 3 atom stereocenters. The van der Waals surface area contributed by atoms with E-state index in [1.807, 2.05) is 0 Å². The molecule has 8 aromatic carbocycles. The molecular weight excluding hydrogens is 731 g/mol. The van der Waals surface area contributed by atoms with Crippen LogP contribution < -0.4 is 4.74 Å². The zero-order valence-electron chi connectivity index (χ0n) is 33.3. The molecule has 3 aliphatic heterocycles. The van der Waals surface area contributed by atoms with E-state index in [1.165, 1.54) is 44.2 Å². The lowest BCUT2D eigenvalue weighted by Gasteiger charge is -2.45. The third-order valence-electron chi connectivity index (χ3n) is 13.1. The van der Waals surface area contributed by atoms with Crippen molar-refractivity contribution in [3.05, 3.63) is 233 Å². The molecule has 3 unspecified atom stereocenters. The lowest BCUT2D eigenvalue weighted by atomic mass is 9.61. The average molecular weight is 772 g/mol. The summed E-state index contributed by atoms with van der Waals surface area (Å²) in [5, 5.41) is 2.52. The van der Waals surface area contributed by atoms with E-state index in [2.05, 4.69) is 206 Å². The first-order valence-corrected chi connectivity index (χ1v) is 21.1. The van der Waals surface area contributed by atoms with Gasteiger partial charge in [-0.2, -0.15) is 0 Å². The highest BCUT2D eigenvalue weighted by molar-refractivity contribution is 6.14. The van der Waals surface area contributed by atoms with Crippen molar-refractivity contribution in [1.82, 2.24) is 4.57 Å². The van der Waals surface area contributed by atoms with Crippen LogP contribution in [0.1, 0.15) is 64.8 Å². The van der Waals surface area contributed by atoms with Gasteiger partial charge in [0.05, 0.1) is 33.9 Å². The Kier molecular flexibility index (Phi) is 7.89. The van der Waals surface area contributed by atoms with Gasteiger partial charge in [-0.05, 0) is 70.8 Å². The maximum Gasteiger partial charge on any atom is 0.155 e. The van der Waals surface area contributed by atoms with Gasteiger partial charge in [0, 0.05) is 33.0 Å². The lowest BCUT2D eigenvalue weighted by Crippen LogP contribution is -2.37. The van der Waals surface area contributed by atoms with Crippen LogP contribution >= 0.6 is 0 Å². The van der Waals surface area contributed by atoms with E-state index in [9.17, 15) is 0 Å². The van der Waals surface area contributed by atoms with Crippen LogP contribution in [0.2, 0.25) is 0 Å². The Morgan fingerprint density at radius 1 is 0.567 bits per heavy atom. The summed E-state index contributed by atoms with van der Waals surface area (Å²) >= 11 is 0. The van der Waals surface area contributed by atoms with Crippen LogP contribution in [0.15, 0.2) is 204 Å². The van der Waals surface area contributed by atoms with E-state index < -0.39 is 5.41 Å². The Morgan fingerprint density at radius 3 is 2.10 bits per heavy atom. The number of para-hydroxylation sites is 5. The number of aliphatic imine (C=N–C) groups is 2. The van der Waals surface area contributed by atoms with E-state index in [0.29, 0.717) is 5.92 Å². The van der Waals surface area contributed by atoms with Crippen molar-refractivity contribution in [1.29, 1.82) is 0 Å². The van der Waals surface area contributed by atoms with Crippen molar-refractivity contribution in [2.24, 2.45) is 15.9 Å². The standard InChI is InChI=1S/C56H41N3O/c1-36-33-34-48(57-55(38-19-6-3-7-20-38)58-52(36)37-17-4-2-5-18-37)40-22-14-21-39(35-40)41-24-15-29-47-54(41)60-51-32-13-10-27-45(51)56(47)44-26-9-12-31-50(44)59-49-30-11-8-23-42(49)43-25-16-28-46(56)53(43)59/h2-32,35-36,52H,33-34H2,1H3/b57-48+,58-55-. The first-order valence-electron chi connectivity index (χ1n) is 21.1. The van der Waals surface area contributed by atoms with E-state index in [4.69, 9.17) is 14.7 Å². The fraction of sp³-hybridized carbons (Fsp3) is 0.107.